The van der Waals surface area contributed by atoms with Gasteiger partial charge in [-0.05, 0) is 37.5 Å². The fourth-order valence-electron chi connectivity index (χ4n) is 3.63. The van der Waals surface area contributed by atoms with Gasteiger partial charge in [0.15, 0.2) is 0 Å². The maximum absolute atomic E-state index is 12.5. The summed E-state index contributed by atoms with van der Waals surface area (Å²) < 4.78 is 25.0. The third-order valence-corrected chi connectivity index (χ3v) is 9.58. The predicted molar refractivity (Wildman–Crippen MR) is 84.0 cm³/mol. The van der Waals surface area contributed by atoms with Gasteiger partial charge in [-0.3, -0.25) is 8.42 Å². The molecule has 2 saturated carbocycles. The SMILES string of the molecule is CC1CCCCC1S(=O)CS(=O)C1CCCCC1C. The Hall–Kier alpha value is 0.300. The number of rotatable bonds is 4. The molecule has 6 unspecified atom stereocenters. The van der Waals surface area contributed by atoms with Crippen molar-refractivity contribution >= 4 is 21.6 Å². The van der Waals surface area contributed by atoms with Gasteiger partial charge < -0.3 is 0 Å². The van der Waals surface area contributed by atoms with Crippen LogP contribution >= 0.6 is 0 Å². The maximum Gasteiger partial charge on any atom is 0.0997 e. The zero-order valence-electron chi connectivity index (χ0n) is 12.3. The van der Waals surface area contributed by atoms with Crippen molar-refractivity contribution in [1.82, 2.24) is 0 Å². The highest BCUT2D eigenvalue weighted by atomic mass is 32.2. The van der Waals surface area contributed by atoms with E-state index in [2.05, 4.69) is 13.8 Å². The molecule has 0 bridgehead atoms. The summed E-state index contributed by atoms with van der Waals surface area (Å²) in [6.45, 7) is 4.43. The van der Waals surface area contributed by atoms with Crippen molar-refractivity contribution in [3.05, 3.63) is 0 Å². The minimum absolute atomic E-state index is 0.302. The summed E-state index contributed by atoms with van der Waals surface area (Å²) >= 11 is 0. The van der Waals surface area contributed by atoms with Crippen molar-refractivity contribution in [2.75, 3.05) is 5.08 Å². The van der Waals surface area contributed by atoms with E-state index in [1.54, 1.807) is 0 Å². The third kappa shape index (κ3) is 4.13. The highest BCUT2D eigenvalue weighted by molar-refractivity contribution is 8.02. The van der Waals surface area contributed by atoms with Crippen LogP contribution in [0.25, 0.3) is 0 Å². The number of hydrogen-bond acceptors (Lipinski definition) is 2. The molecule has 0 N–H and O–H groups in total. The normalized spacial score (nSPS) is 39.7. The lowest BCUT2D eigenvalue weighted by Crippen LogP contribution is -2.34. The molecule has 0 heterocycles. The molecule has 0 amide bonds. The van der Waals surface area contributed by atoms with E-state index in [1.807, 2.05) is 0 Å². The van der Waals surface area contributed by atoms with Gasteiger partial charge in [-0.2, -0.15) is 0 Å². The van der Waals surface area contributed by atoms with Crippen LogP contribution < -0.4 is 0 Å². The van der Waals surface area contributed by atoms with Crippen molar-refractivity contribution in [3.63, 3.8) is 0 Å². The zero-order valence-corrected chi connectivity index (χ0v) is 13.9. The third-order valence-electron chi connectivity index (χ3n) is 4.97. The van der Waals surface area contributed by atoms with Gasteiger partial charge in [0.1, 0.15) is 0 Å². The summed E-state index contributed by atoms with van der Waals surface area (Å²) in [6, 6.07) is 0. The minimum Gasteiger partial charge on any atom is -0.258 e. The van der Waals surface area contributed by atoms with Crippen molar-refractivity contribution in [2.24, 2.45) is 11.8 Å². The molecule has 2 aliphatic rings. The van der Waals surface area contributed by atoms with E-state index in [0.717, 1.165) is 12.8 Å². The van der Waals surface area contributed by atoms with Crippen molar-refractivity contribution in [1.29, 1.82) is 0 Å². The Bertz CT molecular complexity index is 311. The molecular weight excluding hydrogens is 276 g/mol. The molecule has 0 saturated heterocycles. The van der Waals surface area contributed by atoms with Crippen LogP contribution in [0.1, 0.15) is 65.2 Å². The first-order valence-electron chi connectivity index (χ1n) is 7.84. The van der Waals surface area contributed by atoms with Crippen LogP contribution in [0.3, 0.4) is 0 Å². The fourth-order valence-corrected chi connectivity index (χ4v) is 8.12. The molecule has 19 heavy (non-hydrogen) atoms. The summed E-state index contributed by atoms with van der Waals surface area (Å²) in [6.07, 6.45) is 9.50. The average molecular weight is 305 g/mol. The topological polar surface area (TPSA) is 34.1 Å². The second-order valence-electron chi connectivity index (χ2n) is 6.48. The second-order valence-corrected chi connectivity index (χ2v) is 10.2. The van der Waals surface area contributed by atoms with E-state index >= 15 is 0 Å². The van der Waals surface area contributed by atoms with Gasteiger partial charge in [-0.1, -0.05) is 39.5 Å². The van der Waals surface area contributed by atoms with Crippen molar-refractivity contribution in [2.45, 2.75) is 75.7 Å². The Labute approximate surface area is 123 Å². The maximum atomic E-state index is 12.5. The lowest BCUT2D eigenvalue weighted by molar-refractivity contribution is 0.389. The van der Waals surface area contributed by atoms with Gasteiger partial charge in [0.2, 0.25) is 0 Å². The lowest BCUT2D eigenvalue weighted by Gasteiger charge is -2.30. The van der Waals surface area contributed by atoms with Crippen LogP contribution in [0, 0.1) is 11.8 Å². The molecular formula is C15H28O2S2. The van der Waals surface area contributed by atoms with Crippen molar-refractivity contribution in [3.8, 4) is 0 Å². The molecule has 2 nitrogen and oxygen atoms in total. The minimum atomic E-state index is -0.883. The van der Waals surface area contributed by atoms with E-state index in [4.69, 9.17) is 0 Å². The smallest absolute Gasteiger partial charge is 0.0997 e. The first-order chi connectivity index (χ1) is 9.09. The molecule has 0 spiro atoms. The molecule has 4 heteroatoms. The van der Waals surface area contributed by atoms with E-state index in [-0.39, 0.29) is 0 Å². The van der Waals surface area contributed by atoms with E-state index < -0.39 is 21.6 Å². The molecule has 0 aromatic heterocycles. The standard InChI is InChI=1S/C15H28O2S2/c1-12-7-3-5-9-14(12)18(16)11-19(17)15-10-6-4-8-13(15)2/h12-15H,3-11H2,1-2H3. The van der Waals surface area contributed by atoms with Gasteiger partial charge in [0.05, 0.1) is 5.08 Å². The predicted octanol–water partition coefficient (Wildman–Crippen LogP) is 3.60. The van der Waals surface area contributed by atoms with Gasteiger partial charge in [-0.15, -0.1) is 0 Å². The Balaban J connectivity index is 1.88. The highest BCUT2D eigenvalue weighted by Crippen LogP contribution is 2.31. The van der Waals surface area contributed by atoms with Crippen LogP contribution in [0.5, 0.6) is 0 Å². The summed E-state index contributed by atoms with van der Waals surface area (Å²) in [4.78, 5) is 0. The monoisotopic (exact) mass is 304 g/mol. The first-order valence-corrected chi connectivity index (χ1v) is 10.6. The van der Waals surface area contributed by atoms with E-state index in [9.17, 15) is 8.42 Å². The first kappa shape index (κ1) is 15.7. The van der Waals surface area contributed by atoms with Gasteiger partial charge in [-0.25, -0.2) is 0 Å². The molecule has 0 radical (unpaired) electrons. The molecule has 6 atom stereocenters. The average Bonchev–Trinajstić information content (AvgIpc) is 2.39. The summed E-state index contributed by atoms with van der Waals surface area (Å²) in [5, 5.41) is 1.04. The molecule has 2 rings (SSSR count). The fraction of sp³-hybridized carbons (Fsp3) is 1.00. The summed E-state index contributed by atoms with van der Waals surface area (Å²) in [7, 11) is -1.77. The molecule has 0 aliphatic heterocycles. The van der Waals surface area contributed by atoms with E-state index in [0.29, 0.717) is 27.4 Å². The second kappa shape index (κ2) is 7.35. The van der Waals surface area contributed by atoms with Crippen LogP contribution in [-0.2, 0) is 21.6 Å². The Morgan fingerprint density at radius 1 is 0.737 bits per heavy atom. The number of hydrogen-bond donors (Lipinski definition) is 0. The Morgan fingerprint density at radius 3 is 1.47 bits per heavy atom. The summed E-state index contributed by atoms with van der Waals surface area (Å²) in [5.74, 6) is 1.10. The summed E-state index contributed by atoms with van der Waals surface area (Å²) in [5.41, 5.74) is 0. The molecule has 0 aromatic carbocycles. The molecule has 112 valence electrons. The van der Waals surface area contributed by atoms with Crippen LogP contribution in [-0.4, -0.2) is 24.0 Å². The zero-order chi connectivity index (χ0) is 13.8. The quantitative estimate of drug-likeness (QED) is 0.795. The Morgan fingerprint density at radius 2 is 1.11 bits per heavy atom. The highest BCUT2D eigenvalue weighted by Gasteiger charge is 2.31. The molecule has 2 fully saturated rings. The van der Waals surface area contributed by atoms with Crippen LogP contribution in [0.15, 0.2) is 0 Å². The lowest BCUT2D eigenvalue weighted by atomic mass is 9.90. The van der Waals surface area contributed by atoms with Gasteiger partial charge in [0.25, 0.3) is 0 Å². The van der Waals surface area contributed by atoms with Gasteiger partial charge >= 0.3 is 0 Å². The largest absolute Gasteiger partial charge is 0.258 e. The van der Waals surface area contributed by atoms with Gasteiger partial charge in [0, 0.05) is 32.1 Å². The molecule has 2 aliphatic carbocycles. The Kier molecular flexibility index (Phi) is 6.07. The van der Waals surface area contributed by atoms with Crippen molar-refractivity contribution < 1.29 is 8.42 Å². The van der Waals surface area contributed by atoms with E-state index in [1.165, 1.54) is 38.5 Å². The van der Waals surface area contributed by atoms with Crippen LogP contribution in [0.2, 0.25) is 0 Å². The molecule has 0 aromatic rings. The van der Waals surface area contributed by atoms with Crippen LogP contribution in [0.4, 0.5) is 0 Å².